The van der Waals surface area contributed by atoms with Gasteiger partial charge in [0.25, 0.3) is 5.91 Å². The summed E-state index contributed by atoms with van der Waals surface area (Å²) in [5.74, 6) is 0.275. The number of ether oxygens (including phenoxy) is 2. The SMILES string of the molecule is COCC[C@H]1C[C@@H](C)/C=C/C(O)C2CCC2CN2C[C@@]3(CCCc4cc(Cl)ccc43)COc3ccc(cc32)C(=O)NS1(=O)=O. The number of carbonyl (C=O) groups is 1. The Morgan fingerprint density at radius 3 is 2.80 bits per heavy atom. The van der Waals surface area contributed by atoms with E-state index in [1.165, 1.54) is 18.2 Å². The summed E-state index contributed by atoms with van der Waals surface area (Å²) < 4.78 is 41.1. The van der Waals surface area contributed by atoms with Gasteiger partial charge in [-0.1, -0.05) is 36.7 Å². The molecule has 10 heteroatoms. The first-order valence-electron chi connectivity index (χ1n) is 15.8. The Morgan fingerprint density at radius 1 is 1.18 bits per heavy atom. The van der Waals surface area contributed by atoms with E-state index >= 15 is 0 Å². The van der Waals surface area contributed by atoms with Gasteiger partial charge in [0.1, 0.15) is 5.75 Å². The van der Waals surface area contributed by atoms with Gasteiger partial charge in [-0.3, -0.25) is 4.79 Å². The summed E-state index contributed by atoms with van der Waals surface area (Å²) >= 11 is 6.40. The van der Waals surface area contributed by atoms with Crippen LogP contribution in [0.4, 0.5) is 5.69 Å². The second kappa shape index (κ2) is 12.7. The number of hydrogen-bond donors (Lipinski definition) is 2. The first-order valence-corrected chi connectivity index (χ1v) is 17.7. The van der Waals surface area contributed by atoms with Crippen molar-refractivity contribution in [3.63, 3.8) is 0 Å². The number of carbonyl (C=O) groups excluding carboxylic acids is 1. The number of nitrogens with one attached hydrogen (secondary N) is 1. The van der Waals surface area contributed by atoms with E-state index in [-0.39, 0.29) is 41.8 Å². The van der Waals surface area contributed by atoms with Gasteiger partial charge < -0.3 is 19.5 Å². The summed E-state index contributed by atoms with van der Waals surface area (Å²) in [6, 6.07) is 11.4. The molecule has 8 nitrogen and oxygen atoms in total. The lowest BCUT2D eigenvalue weighted by atomic mass is 9.68. The third-order valence-electron chi connectivity index (χ3n) is 10.3. The van der Waals surface area contributed by atoms with Gasteiger partial charge in [-0.15, -0.1) is 0 Å². The molecule has 44 heavy (non-hydrogen) atoms. The molecule has 1 saturated carbocycles. The Kier molecular flexibility index (Phi) is 9.03. The second-order valence-corrected chi connectivity index (χ2v) is 15.7. The number of hydrogen-bond acceptors (Lipinski definition) is 7. The topological polar surface area (TPSA) is 105 Å². The summed E-state index contributed by atoms with van der Waals surface area (Å²) in [5.41, 5.74) is 3.27. The number of halogens is 1. The number of fused-ring (bicyclic) bond motifs is 4. The number of aliphatic hydroxyl groups excluding tert-OH is 1. The van der Waals surface area contributed by atoms with E-state index in [9.17, 15) is 18.3 Å². The highest BCUT2D eigenvalue weighted by Gasteiger charge is 2.44. The van der Waals surface area contributed by atoms with E-state index in [1.54, 1.807) is 18.2 Å². The Balaban J connectivity index is 1.41. The standard InChI is InChI=1S/C34H43ClN2O6S/c1-22-5-11-31(38)28-9-6-25(28)19-37-20-34(14-3-4-23-17-26(35)8-10-29(23)34)21-43-32-12-7-24(18-30(32)37)33(39)36-44(40,41)27(16-22)13-15-42-2/h5,7-8,10-12,17-18,22,25,27-28,31,38H,3-4,6,9,13-16,19-21H2,1-2H3,(H,36,39)/b11-5+/t22-,25?,27-,28?,31?,34-/m0/s1. The van der Waals surface area contributed by atoms with Crippen molar-refractivity contribution in [2.24, 2.45) is 17.8 Å². The van der Waals surface area contributed by atoms with Gasteiger partial charge in [0, 0.05) is 42.8 Å². The van der Waals surface area contributed by atoms with Gasteiger partial charge in [-0.2, -0.15) is 0 Å². The smallest absolute Gasteiger partial charge is 0.264 e. The maximum Gasteiger partial charge on any atom is 0.264 e. The zero-order valence-corrected chi connectivity index (χ0v) is 27.1. The maximum atomic E-state index is 13.5. The average molecular weight is 643 g/mol. The summed E-state index contributed by atoms with van der Waals surface area (Å²) in [6.07, 6.45) is 8.59. The van der Waals surface area contributed by atoms with Crippen molar-refractivity contribution >= 4 is 33.2 Å². The number of nitrogens with zero attached hydrogens (tertiary/aromatic N) is 1. The van der Waals surface area contributed by atoms with Crippen molar-refractivity contribution < 1.29 is 27.8 Å². The van der Waals surface area contributed by atoms with E-state index in [0.717, 1.165) is 42.8 Å². The van der Waals surface area contributed by atoms with Crippen molar-refractivity contribution in [3.8, 4) is 5.75 Å². The second-order valence-electron chi connectivity index (χ2n) is 13.3. The Bertz CT molecular complexity index is 1530. The number of benzene rings is 2. The predicted molar refractivity (Wildman–Crippen MR) is 172 cm³/mol. The normalized spacial score (nSPS) is 32.3. The molecule has 6 atom stereocenters. The quantitative estimate of drug-likeness (QED) is 0.440. The van der Waals surface area contributed by atoms with Crippen LogP contribution >= 0.6 is 11.6 Å². The minimum absolute atomic E-state index is 0.104. The molecule has 1 spiro atoms. The Hall–Kier alpha value is -2.59. The van der Waals surface area contributed by atoms with Crippen LogP contribution in [0.3, 0.4) is 0 Å². The fourth-order valence-corrected chi connectivity index (χ4v) is 9.37. The average Bonchev–Trinajstić information content (AvgIpc) is 3.12. The summed E-state index contributed by atoms with van der Waals surface area (Å²) in [6.45, 7) is 4.07. The van der Waals surface area contributed by atoms with Crippen LogP contribution < -0.4 is 14.4 Å². The van der Waals surface area contributed by atoms with E-state index < -0.39 is 27.3 Å². The molecule has 2 heterocycles. The molecule has 2 aromatic rings. The van der Waals surface area contributed by atoms with Crippen molar-refractivity contribution in [2.75, 3.05) is 38.3 Å². The molecule has 238 valence electrons. The highest BCUT2D eigenvalue weighted by molar-refractivity contribution is 7.90. The fraction of sp³-hybridized carbons (Fsp3) is 0.559. The molecule has 2 bridgehead atoms. The number of aryl methyl sites for hydroxylation is 1. The molecule has 2 aromatic carbocycles. The van der Waals surface area contributed by atoms with E-state index in [2.05, 4.69) is 21.8 Å². The van der Waals surface area contributed by atoms with Crippen molar-refractivity contribution in [3.05, 3.63) is 70.3 Å². The van der Waals surface area contributed by atoms with Crippen molar-refractivity contribution in [1.82, 2.24) is 4.72 Å². The zero-order chi connectivity index (χ0) is 31.1. The van der Waals surface area contributed by atoms with Gasteiger partial charge in [-0.05, 0) is 104 Å². The van der Waals surface area contributed by atoms with E-state index in [1.807, 2.05) is 25.1 Å². The van der Waals surface area contributed by atoms with Crippen LogP contribution in [0.2, 0.25) is 5.02 Å². The third kappa shape index (κ3) is 6.26. The number of aliphatic hydroxyl groups is 1. The van der Waals surface area contributed by atoms with Crippen LogP contribution in [-0.2, 0) is 26.6 Å². The van der Waals surface area contributed by atoms with Crippen LogP contribution in [0, 0.1) is 17.8 Å². The Labute approximate surface area is 265 Å². The van der Waals surface area contributed by atoms with Gasteiger partial charge in [0.15, 0.2) is 0 Å². The fourth-order valence-electron chi connectivity index (χ4n) is 7.67. The van der Waals surface area contributed by atoms with E-state index in [4.69, 9.17) is 21.1 Å². The zero-order valence-electron chi connectivity index (χ0n) is 25.5. The van der Waals surface area contributed by atoms with Gasteiger partial charge in [0.2, 0.25) is 10.0 Å². The molecule has 0 saturated heterocycles. The first kappa shape index (κ1) is 31.4. The lowest BCUT2D eigenvalue weighted by Gasteiger charge is -2.45. The summed E-state index contributed by atoms with van der Waals surface area (Å²) in [5, 5.41) is 11.2. The number of methoxy groups -OCH3 is 1. The number of allylic oxidation sites excluding steroid dienone is 1. The van der Waals surface area contributed by atoms with Crippen LogP contribution in [-0.4, -0.2) is 64.2 Å². The largest absolute Gasteiger partial charge is 0.490 e. The van der Waals surface area contributed by atoms with Gasteiger partial charge in [0.05, 0.1) is 23.6 Å². The number of rotatable bonds is 3. The van der Waals surface area contributed by atoms with E-state index in [0.29, 0.717) is 31.9 Å². The Morgan fingerprint density at radius 2 is 2.02 bits per heavy atom. The summed E-state index contributed by atoms with van der Waals surface area (Å²) in [4.78, 5) is 15.8. The molecule has 1 amide bonds. The van der Waals surface area contributed by atoms with Crippen LogP contribution in [0.1, 0.15) is 66.9 Å². The number of anilines is 1. The third-order valence-corrected chi connectivity index (χ3v) is 12.3. The molecule has 6 rings (SSSR count). The van der Waals surface area contributed by atoms with Crippen molar-refractivity contribution in [2.45, 2.75) is 68.6 Å². The monoisotopic (exact) mass is 642 g/mol. The molecule has 2 N–H and O–H groups in total. The van der Waals surface area contributed by atoms with Gasteiger partial charge >= 0.3 is 0 Å². The minimum Gasteiger partial charge on any atom is -0.490 e. The highest BCUT2D eigenvalue weighted by Crippen LogP contribution is 2.46. The lowest BCUT2D eigenvalue weighted by Crippen LogP contribution is -2.49. The van der Waals surface area contributed by atoms with Crippen LogP contribution in [0.5, 0.6) is 5.75 Å². The molecule has 1 fully saturated rings. The summed E-state index contributed by atoms with van der Waals surface area (Å²) in [7, 11) is -2.48. The maximum absolute atomic E-state index is 13.5. The minimum atomic E-state index is -4.01. The lowest BCUT2D eigenvalue weighted by molar-refractivity contribution is 0.0454. The molecule has 2 aliphatic carbocycles. The molecule has 3 unspecified atom stereocenters. The van der Waals surface area contributed by atoms with Crippen LogP contribution in [0.15, 0.2) is 48.6 Å². The first-order chi connectivity index (χ1) is 21.1. The number of sulfonamides is 1. The van der Waals surface area contributed by atoms with Gasteiger partial charge in [-0.25, -0.2) is 13.1 Å². The molecular formula is C34H43ClN2O6S. The molecular weight excluding hydrogens is 600 g/mol. The number of amides is 1. The highest BCUT2D eigenvalue weighted by atomic mass is 35.5. The van der Waals surface area contributed by atoms with Crippen LogP contribution in [0.25, 0.3) is 0 Å². The molecule has 0 radical (unpaired) electrons. The van der Waals surface area contributed by atoms with Crippen molar-refractivity contribution in [1.29, 1.82) is 0 Å². The molecule has 0 aromatic heterocycles. The molecule has 4 aliphatic rings. The predicted octanol–water partition coefficient (Wildman–Crippen LogP) is 5.26. The molecule has 2 aliphatic heterocycles.